The van der Waals surface area contributed by atoms with Crippen LogP contribution in [0, 0.1) is 0 Å². The van der Waals surface area contributed by atoms with E-state index in [0.29, 0.717) is 6.04 Å². The zero-order valence-electron chi connectivity index (χ0n) is 11.1. The van der Waals surface area contributed by atoms with Gasteiger partial charge < -0.3 is 15.3 Å². The van der Waals surface area contributed by atoms with Gasteiger partial charge in [0.05, 0.1) is 17.3 Å². The molecular weight excluding hydrogens is 242 g/mol. The first-order valence-corrected chi connectivity index (χ1v) is 6.66. The van der Waals surface area contributed by atoms with Gasteiger partial charge in [-0.3, -0.25) is 4.68 Å². The Hall–Kier alpha value is -1.66. The molecule has 1 fully saturated rings. The lowest BCUT2D eigenvalue weighted by atomic mass is 10.1. The number of hydrogen-bond acceptors (Lipinski definition) is 5. The van der Waals surface area contributed by atoms with Crippen LogP contribution in [0.25, 0.3) is 11.0 Å². The molecule has 2 aromatic rings. The zero-order chi connectivity index (χ0) is 13.2. The topological polar surface area (TPSA) is 66.2 Å². The molecule has 0 saturated carbocycles. The summed E-state index contributed by atoms with van der Waals surface area (Å²) in [5.74, 6) is 0. The van der Waals surface area contributed by atoms with Crippen molar-refractivity contribution >= 4 is 16.7 Å². The monoisotopic (exact) mass is 261 g/mol. The first-order chi connectivity index (χ1) is 9.31. The van der Waals surface area contributed by atoms with Gasteiger partial charge in [0, 0.05) is 45.5 Å². The molecule has 0 radical (unpaired) electrons. The number of nitrogens with one attached hydrogen (secondary N) is 1. The Kier molecular flexibility index (Phi) is 3.35. The number of hydrogen-bond donors (Lipinski definition) is 2. The van der Waals surface area contributed by atoms with E-state index in [0.717, 1.165) is 42.8 Å². The molecule has 0 spiro atoms. The third-order valence-corrected chi connectivity index (χ3v) is 3.73. The quantitative estimate of drug-likeness (QED) is 0.822. The van der Waals surface area contributed by atoms with Crippen LogP contribution in [0.1, 0.15) is 6.42 Å². The highest BCUT2D eigenvalue weighted by Gasteiger charge is 2.24. The molecule has 6 heteroatoms. The first kappa shape index (κ1) is 12.4. The number of aryl methyl sites for hydroxylation is 1. The van der Waals surface area contributed by atoms with Crippen molar-refractivity contribution in [1.29, 1.82) is 0 Å². The molecule has 0 amide bonds. The van der Waals surface area contributed by atoms with Gasteiger partial charge in [-0.2, -0.15) is 5.10 Å². The lowest BCUT2D eigenvalue weighted by Gasteiger charge is -2.38. The van der Waals surface area contributed by atoms with Gasteiger partial charge in [0.15, 0.2) is 5.65 Å². The van der Waals surface area contributed by atoms with Crippen LogP contribution >= 0.6 is 0 Å². The van der Waals surface area contributed by atoms with Crippen LogP contribution in [0.3, 0.4) is 0 Å². The molecule has 1 aliphatic heterocycles. The van der Waals surface area contributed by atoms with Crippen LogP contribution in [0.15, 0.2) is 18.5 Å². The number of piperazine rings is 1. The number of rotatable bonds is 3. The molecule has 6 nitrogen and oxygen atoms in total. The standard InChI is InChI=1S/C13H19N5O/c1-17-13-11(9-16-17)12(2-4-15-13)18-6-5-14-8-10(18)3-7-19/h2,4,9-10,14,19H,3,5-8H2,1H3/t10-/m0/s1. The highest BCUT2D eigenvalue weighted by Crippen LogP contribution is 2.27. The van der Waals surface area contributed by atoms with Crippen molar-refractivity contribution < 1.29 is 5.11 Å². The predicted molar refractivity (Wildman–Crippen MR) is 74.2 cm³/mol. The maximum absolute atomic E-state index is 9.22. The van der Waals surface area contributed by atoms with Crippen molar-refractivity contribution in [1.82, 2.24) is 20.1 Å². The maximum atomic E-state index is 9.22. The minimum atomic E-state index is 0.212. The molecule has 3 rings (SSSR count). The molecule has 2 aromatic heterocycles. The maximum Gasteiger partial charge on any atom is 0.159 e. The van der Waals surface area contributed by atoms with Crippen LogP contribution in [-0.4, -0.2) is 52.2 Å². The van der Waals surface area contributed by atoms with E-state index in [1.165, 1.54) is 0 Å². The van der Waals surface area contributed by atoms with Crippen LogP contribution in [0.2, 0.25) is 0 Å². The van der Waals surface area contributed by atoms with Crippen LogP contribution in [0.4, 0.5) is 5.69 Å². The number of pyridine rings is 1. The summed E-state index contributed by atoms with van der Waals surface area (Å²) >= 11 is 0. The van der Waals surface area contributed by atoms with Crippen molar-refractivity contribution in [3.8, 4) is 0 Å². The number of aromatic nitrogens is 3. The van der Waals surface area contributed by atoms with E-state index >= 15 is 0 Å². The number of aliphatic hydroxyl groups excluding tert-OH is 1. The van der Waals surface area contributed by atoms with E-state index in [2.05, 4.69) is 20.3 Å². The Labute approximate surface area is 112 Å². The van der Waals surface area contributed by atoms with E-state index in [4.69, 9.17) is 0 Å². The summed E-state index contributed by atoms with van der Waals surface area (Å²) in [6.07, 6.45) is 4.48. The minimum Gasteiger partial charge on any atom is -0.396 e. The highest BCUT2D eigenvalue weighted by molar-refractivity contribution is 5.89. The summed E-state index contributed by atoms with van der Waals surface area (Å²) in [7, 11) is 1.90. The molecular formula is C13H19N5O. The summed E-state index contributed by atoms with van der Waals surface area (Å²) in [4.78, 5) is 6.74. The van der Waals surface area contributed by atoms with Crippen molar-refractivity contribution in [2.45, 2.75) is 12.5 Å². The Morgan fingerprint density at radius 1 is 1.53 bits per heavy atom. The Bertz CT molecular complexity index is 565. The normalized spacial score (nSPS) is 20.1. The van der Waals surface area contributed by atoms with E-state index < -0.39 is 0 Å². The van der Waals surface area contributed by atoms with E-state index in [1.807, 2.05) is 25.5 Å². The summed E-state index contributed by atoms with van der Waals surface area (Å²) < 4.78 is 1.79. The second kappa shape index (κ2) is 5.14. The number of nitrogens with zero attached hydrogens (tertiary/aromatic N) is 4. The fraction of sp³-hybridized carbons (Fsp3) is 0.538. The molecule has 0 bridgehead atoms. The molecule has 0 aromatic carbocycles. The zero-order valence-corrected chi connectivity index (χ0v) is 11.1. The Morgan fingerprint density at radius 2 is 2.42 bits per heavy atom. The average Bonchev–Trinajstić information content (AvgIpc) is 2.82. The minimum absolute atomic E-state index is 0.212. The Morgan fingerprint density at radius 3 is 3.26 bits per heavy atom. The van der Waals surface area contributed by atoms with Crippen LogP contribution in [0.5, 0.6) is 0 Å². The SMILES string of the molecule is Cn1ncc2c(N3CCNC[C@@H]3CCO)ccnc21. The van der Waals surface area contributed by atoms with Crippen LogP contribution < -0.4 is 10.2 Å². The van der Waals surface area contributed by atoms with Crippen molar-refractivity contribution in [3.05, 3.63) is 18.5 Å². The fourth-order valence-electron chi connectivity index (χ4n) is 2.77. The average molecular weight is 261 g/mol. The summed E-state index contributed by atoms with van der Waals surface area (Å²) in [5, 5.41) is 18.0. The molecule has 1 atom stereocenters. The van der Waals surface area contributed by atoms with Crippen molar-refractivity contribution in [3.63, 3.8) is 0 Å². The summed E-state index contributed by atoms with van der Waals surface area (Å²) in [6.45, 7) is 3.03. The van der Waals surface area contributed by atoms with Gasteiger partial charge in [-0.15, -0.1) is 0 Å². The molecule has 0 aliphatic carbocycles. The highest BCUT2D eigenvalue weighted by atomic mass is 16.3. The van der Waals surface area contributed by atoms with Gasteiger partial charge in [-0.25, -0.2) is 4.98 Å². The second-order valence-electron chi connectivity index (χ2n) is 4.90. The second-order valence-corrected chi connectivity index (χ2v) is 4.90. The molecule has 1 saturated heterocycles. The lowest BCUT2D eigenvalue weighted by Crippen LogP contribution is -2.51. The number of aliphatic hydroxyl groups is 1. The summed E-state index contributed by atoms with van der Waals surface area (Å²) in [5.41, 5.74) is 2.07. The number of anilines is 1. The molecule has 2 N–H and O–H groups in total. The van der Waals surface area contributed by atoms with E-state index in [9.17, 15) is 5.11 Å². The fourth-order valence-corrected chi connectivity index (χ4v) is 2.77. The van der Waals surface area contributed by atoms with Gasteiger partial charge >= 0.3 is 0 Å². The number of fused-ring (bicyclic) bond motifs is 1. The Balaban J connectivity index is 2.01. The molecule has 1 aliphatic rings. The predicted octanol–water partition coefficient (Wildman–Crippen LogP) is 0.129. The molecule has 3 heterocycles. The van der Waals surface area contributed by atoms with Gasteiger partial charge in [0.2, 0.25) is 0 Å². The first-order valence-electron chi connectivity index (χ1n) is 6.66. The van der Waals surface area contributed by atoms with E-state index in [-0.39, 0.29) is 6.61 Å². The van der Waals surface area contributed by atoms with Crippen molar-refractivity contribution in [2.75, 3.05) is 31.1 Å². The van der Waals surface area contributed by atoms with Crippen molar-refractivity contribution in [2.24, 2.45) is 7.05 Å². The third kappa shape index (κ3) is 2.17. The largest absolute Gasteiger partial charge is 0.396 e. The van der Waals surface area contributed by atoms with Gasteiger partial charge in [-0.05, 0) is 12.5 Å². The third-order valence-electron chi connectivity index (χ3n) is 3.73. The molecule has 102 valence electrons. The smallest absolute Gasteiger partial charge is 0.159 e. The molecule has 19 heavy (non-hydrogen) atoms. The van der Waals surface area contributed by atoms with Gasteiger partial charge in [0.1, 0.15) is 0 Å². The van der Waals surface area contributed by atoms with Crippen LogP contribution in [-0.2, 0) is 7.05 Å². The van der Waals surface area contributed by atoms with Gasteiger partial charge in [-0.1, -0.05) is 0 Å². The van der Waals surface area contributed by atoms with E-state index in [1.54, 1.807) is 4.68 Å². The lowest BCUT2D eigenvalue weighted by molar-refractivity contribution is 0.266. The molecule has 0 unspecified atom stereocenters. The van der Waals surface area contributed by atoms with Gasteiger partial charge in [0.25, 0.3) is 0 Å². The summed E-state index contributed by atoms with van der Waals surface area (Å²) in [6, 6.07) is 2.37.